The lowest BCUT2D eigenvalue weighted by atomic mass is 9.94. The Balaban J connectivity index is 2.12. The molecule has 7 heteroatoms. The third-order valence-corrected chi connectivity index (χ3v) is 4.55. The molecule has 1 saturated carbocycles. The molecule has 0 saturated heterocycles. The van der Waals surface area contributed by atoms with Gasteiger partial charge in [0.05, 0.1) is 5.69 Å². The molecule has 0 unspecified atom stereocenters. The van der Waals surface area contributed by atoms with Crippen LogP contribution in [0.4, 0.5) is 5.69 Å². The van der Waals surface area contributed by atoms with Crippen LogP contribution < -0.4 is 16.2 Å². The highest BCUT2D eigenvalue weighted by atomic mass is 32.2. The largest absolute Gasteiger partial charge is 0.325 e. The quantitative estimate of drug-likeness (QED) is 0.766. The summed E-state index contributed by atoms with van der Waals surface area (Å²) in [6.45, 7) is 0. The number of hydrogen-bond donors (Lipinski definition) is 3. The van der Waals surface area contributed by atoms with E-state index in [1.54, 1.807) is 12.1 Å². The number of carbonyl (C=O) groups excluding carboxylic acids is 1. The van der Waals surface area contributed by atoms with Gasteiger partial charge in [-0.25, -0.2) is 13.6 Å². The van der Waals surface area contributed by atoms with Crippen LogP contribution in [0.2, 0.25) is 0 Å². The number of rotatable bonds is 4. The van der Waals surface area contributed by atoms with Gasteiger partial charge in [0, 0.05) is 12.0 Å². The van der Waals surface area contributed by atoms with Gasteiger partial charge in [-0.05, 0) is 25.0 Å². The molecule has 1 amide bonds. The molecule has 1 fully saturated rings. The number of para-hydroxylation sites is 1. The number of primary sulfonamides is 1. The first-order chi connectivity index (χ1) is 9.30. The Morgan fingerprint density at radius 1 is 1.25 bits per heavy atom. The van der Waals surface area contributed by atoms with Crippen molar-refractivity contribution < 1.29 is 13.2 Å². The molecule has 0 heterocycles. The van der Waals surface area contributed by atoms with Crippen LogP contribution in [0.1, 0.15) is 32.1 Å². The first-order valence-corrected chi connectivity index (χ1v) is 8.05. The summed E-state index contributed by atoms with van der Waals surface area (Å²) in [6.07, 6.45) is 3.87. The minimum atomic E-state index is -3.87. The van der Waals surface area contributed by atoms with E-state index in [2.05, 4.69) is 5.32 Å². The molecular weight excluding hydrogens is 278 g/mol. The van der Waals surface area contributed by atoms with Gasteiger partial charge >= 0.3 is 0 Å². The van der Waals surface area contributed by atoms with E-state index in [-0.39, 0.29) is 22.9 Å². The molecule has 1 aliphatic rings. The van der Waals surface area contributed by atoms with Gasteiger partial charge < -0.3 is 11.1 Å². The molecular formula is C13H19N3O3S. The number of nitrogens with two attached hydrogens (primary N) is 2. The molecule has 2 rings (SSSR count). The van der Waals surface area contributed by atoms with Gasteiger partial charge in [-0.15, -0.1) is 0 Å². The fourth-order valence-electron chi connectivity index (χ4n) is 2.59. The molecule has 0 spiro atoms. The first kappa shape index (κ1) is 15.0. The predicted octanol–water partition coefficient (Wildman–Crippen LogP) is 0.934. The normalized spacial score (nSPS) is 17.9. The van der Waals surface area contributed by atoms with Crippen LogP contribution in [-0.4, -0.2) is 19.9 Å². The standard InChI is InChI=1S/C13H19N3O3S/c14-13(7-3-4-8-13)9-12(17)16-10-5-1-2-6-11(10)20(15,18)19/h1-2,5-6H,3-4,7-9,14H2,(H,16,17)(H2,15,18,19). The van der Waals surface area contributed by atoms with Crippen molar-refractivity contribution in [3.8, 4) is 0 Å². The molecule has 110 valence electrons. The van der Waals surface area contributed by atoms with Crippen LogP contribution >= 0.6 is 0 Å². The van der Waals surface area contributed by atoms with E-state index in [1.807, 2.05) is 0 Å². The lowest BCUT2D eigenvalue weighted by Crippen LogP contribution is -2.40. The maximum absolute atomic E-state index is 12.0. The van der Waals surface area contributed by atoms with Gasteiger partial charge in [-0.1, -0.05) is 25.0 Å². The van der Waals surface area contributed by atoms with Crippen LogP contribution in [0.5, 0.6) is 0 Å². The summed E-state index contributed by atoms with van der Waals surface area (Å²) < 4.78 is 22.9. The van der Waals surface area contributed by atoms with Gasteiger partial charge in [0.25, 0.3) is 0 Å². The number of sulfonamides is 1. The Hall–Kier alpha value is -1.44. The van der Waals surface area contributed by atoms with E-state index in [9.17, 15) is 13.2 Å². The van der Waals surface area contributed by atoms with E-state index in [0.717, 1.165) is 25.7 Å². The van der Waals surface area contributed by atoms with E-state index in [4.69, 9.17) is 10.9 Å². The summed E-state index contributed by atoms with van der Waals surface area (Å²) in [7, 11) is -3.87. The van der Waals surface area contributed by atoms with Gasteiger partial charge in [0.1, 0.15) is 4.90 Å². The molecule has 0 radical (unpaired) electrons. The van der Waals surface area contributed by atoms with Crippen molar-refractivity contribution in [1.82, 2.24) is 0 Å². The number of anilines is 1. The zero-order valence-corrected chi connectivity index (χ0v) is 11.9. The lowest BCUT2D eigenvalue weighted by Gasteiger charge is -2.22. The minimum Gasteiger partial charge on any atom is -0.325 e. The van der Waals surface area contributed by atoms with E-state index in [0.29, 0.717) is 0 Å². The van der Waals surface area contributed by atoms with Crippen LogP contribution in [0.15, 0.2) is 29.2 Å². The molecule has 0 aliphatic heterocycles. The second kappa shape index (κ2) is 5.51. The van der Waals surface area contributed by atoms with E-state index < -0.39 is 15.6 Å². The molecule has 20 heavy (non-hydrogen) atoms. The lowest BCUT2D eigenvalue weighted by molar-refractivity contribution is -0.117. The van der Waals surface area contributed by atoms with Gasteiger partial charge in [0.2, 0.25) is 15.9 Å². The minimum absolute atomic E-state index is 0.0918. The maximum atomic E-state index is 12.0. The maximum Gasteiger partial charge on any atom is 0.240 e. The summed E-state index contributed by atoms with van der Waals surface area (Å²) >= 11 is 0. The molecule has 0 bridgehead atoms. The SMILES string of the molecule is NC1(CC(=O)Nc2ccccc2S(N)(=O)=O)CCCC1. The van der Waals surface area contributed by atoms with Gasteiger partial charge in [-0.3, -0.25) is 4.79 Å². The number of benzene rings is 1. The number of amides is 1. The highest BCUT2D eigenvalue weighted by molar-refractivity contribution is 7.89. The monoisotopic (exact) mass is 297 g/mol. The Morgan fingerprint density at radius 2 is 1.85 bits per heavy atom. The van der Waals surface area contributed by atoms with Crippen LogP contribution in [0.3, 0.4) is 0 Å². The topological polar surface area (TPSA) is 115 Å². The first-order valence-electron chi connectivity index (χ1n) is 6.51. The number of carbonyl (C=O) groups is 1. The van der Waals surface area contributed by atoms with Crippen LogP contribution in [-0.2, 0) is 14.8 Å². The predicted molar refractivity (Wildman–Crippen MR) is 76.4 cm³/mol. The van der Waals surface area contributed by atoms with Crippen molar-refractivity contribution in [2.75, 3.05) is 5.32 Å². The molecule has 5 N–H and O–H groups in total. The zero-order valence-electron chi connectivity index (χ0n) is 11.1. The van der Waals surface area contributed by atoms with Crippen molar-refractivity contribution in [1.29, 1.82) is 0 Å². The van der Waals surface area contributed by atoms with Gasteiger partial charge in [-0.2, -0.15) is 0 Å². The zero-order chi connectivity index (χ0) is 14.8. The summed E-state index contributed by atoms with van der Waals surface area (Å²) in [5.41, 5.74) is 5.86. The third kappa shape index (κ3) is 3.56. The summed E-state index contributed by atoms with van der Waals surface area (Å²) in [5.74, 6) is -0.287. The van der Waals surface area contributed by atoms with Gasteiger partial charge in [0.15, 0.2) is 0 Å². The van der Waals surface area contributed by atoms with Crippen LogP contribution in [0, 0.1) is 0 Å². The van der Waals surface area contributed by atoms with Crippen molar-refractivity contribution in [3.63, 3.8) is 0 Å². The average molecular weight is 297 g/mol. The summed E-state index contributed by atoms with van der Waals surface area (Å²) in [5, 5.41) is 7.71. The summed E-state index contributed by atoms with van der Waals surface area (Å²) in [4.78, 5) is 11.9. The molecule has 1 aromatic carbocycles. The molecule has 6 nitrogen and oxygen atoms in total. The number of hydrogen-bond acceptors (Lipinski definition) is 4. The third-order valence-electron chi connectivity index (χ3n) is 3.58. The van der Waals surface area contributed by atoms with E-state index in [1.165, 1.54) is 12.1 Å². The fraction of sp³-hybridized carbons (Fsp3) is 0.462. The molecule has 1 aliphatic carbocycles. The Kier molecular flexibility index (Phi) is 4.12. The highest BCUT2D eigenvalue weighted by Crippen LogP contribution is 2.30. The van der Waals surface area contributed by atoms with Crippen molar-refractivity contribution in [2.45, 2.75) is 42.5 Å². The highest BCUT2D eigenvalue weighted by Gasteiger charge is 2.32. The van der Waals surface area contributed by atoms with Crippen LogP contribution in [0.25, 0.3) is 0 Å². The van der Waals surface area contributed by atoms with Crippen molar-refractivity contribution >= 4 is 21.6 Å². The fourth-order valence-corrected chi connectivity index (χ4v) is 3.28. The molecule has 0 aromatic heterocycles. The second-order valence-electron chi connectivity index (χ2n) is 5.34. The second-order valence-corrected chi connectivity index (χ2v) is 6.87. The molecule has 0 atom stereocenters. The summed E-state index contributed by atoms with van der Waals surface area (Å²) in [6, 6.07) is 6.06. The Bertz CT molecular complexity index is 607. The van der Waals surface area contributed by atoms with Crippen molar-refractivity contribution in [3.05, 3.63) is 24.3 Å². The number of nitrogens with one attached hydrogen (secondary N) is 1. The average Bonchev–Trinajstić information content (AvgIpc) is 2.74. The Morgan fingerprint density at radius 3 is 2.45 bits per heavy atom. The Labute approximate surface area is 118 Å². The molecule has 1 aromatic rings. The van der Waals surface area contributed by atoms with Crippen molar-refractivity contribution in [2.24, 2.45) is 10.9 Å². The van der Waals surface area contributed by atoms with E-state index >= 15 is 0 Å². The smallest absolute Gasteiger partial charge is 0.240 e.